The van der Waals surface area contributed by atoms with E-state index in [0.717, 1.165) is 0 Å². The van der Waals surface area contributed by atoms with Crippen LogP contribution >= 0.6 is 0 Å². The van der Waals surface area contributed by atoms with Gasteiger partial charge in [-0.05, 0) is 18.2 Å². The first-order valence-electron chi connectivity index (χ1n) is 4.68. The second kappa shape index (κ2) is 4.59. The Morgan fingerprint density at radius 1 is 1.40 bits per heavy atom. The molecule has 4 heteroatoms. The first kappa shape index (κ1) is 11.2. The molecule has 0 saturated carbocycles. The first-order chi connectivity index (χ1) is 7.04. The molecule has 0 spiro atoms. The molecule has 0 unspecified atom stereocenters. The van der Waals surface area contributed by atoms with E-state index < -0.39 is 0 Å². The summed E-state index contributed by atoms with van der Waals surface area (Å²) in [4.78, 5) is 22.2. The zero-order chi connectivity index (χ0) is 11.4. The van der Waals surface area contributed by atoms with Crippen LogP contribution in [0.5, 0.6) is 5.75 Å². The molecular weight excluding hydrogens is 194 g/mol. The molecule has 1 amide bonds. The highest BCUT2D eigenvalue weighted by Crippen LogP contribution is 2.22. The summed E-state index contributed by atoms with van der Waals surface area (Å²) in [6.07, 6.45) is 0.317. The van der Waals surface area contributed by atoms with Crippen molar-refractivity contribution >= 4 is 17.4 Å². The van der Waals surface area contributed by atoms with E-state index in [-0.39, 0.29) is 23.0 Å². The number of ketones is 1. The van der Waals surface area contributed by atoms with Gasteiger partial charge in [-0.3, -0.25) is 9.59 Å². The predicted octanol–water partition coefficient (Wildman–Crippen LogP) is 1.94. The highest BCUT2D eigenvalue weighted by molar-refractivity contribution is 6.00. The Morgan fingerprint density at radius 3 is 2.60 bits per heavy atom. The van der Waals surface area contributed by atoms with Gasteiger partial charge >= 0.3 is 0 Å². The molecular formula is C11H13NO3. The second-order valence-electron chi connectivity index (χ2n) is 3.19. The van der Waals surface area contributed by atoms with Gasteiger partial charge in [0, 0.05) is 19.0 Å². The van der Waals surface area contributed by atoms with Gasteiger partial charge in [-0.2, -0.15) is 0 Å². The summed E-state index contributed by atoms with van der Waals surface area (Å²) in [5.74, 6) is -0.425. The van der Waals surface area contributed by atoms with E-state index in [1.54, 1.807) is 13.0 Å². The van der Waals surface area contributed by atoms with Gasteiger partial charge in [0.15, 0.2) is 5.78 Å². The van der Waals surface area contributed by atoms with Crippen molar-refractivity contribution < 1.29 is 14.7 Å². The minimum absolute atomic E-state index is 0.0593. The number of phenolic OH excluding ortho intramolecular Hbond substituents is 1. The van der Waals surface area contributed by atoms with E-state index in [1.165, 1.54) is 19.1 Å². The summed E-state index contributed by atoms with van der Waals surface area (Å²) in [6, 6.07) is 4.42. The van der Waals surface area contributed by atoms with Gasteiger partial charge in [-0.25, -0.2) is 0 Å². The van der Waals surface area contributed by atoms with Crippen LogP contribution in [0.15, 0.2) is 18.2 Å². The summed E-state index contributed by atoms with van der Waals surface area (Å²) in [7, 11) is 0. The van der Waals surface area contributed by atoms with E-state index in [1.807, 2.05) is 0 Å². The molecule has 0 saturated heterocycles. The van der Waals surface area contributed by atoms with E-state index in [4.69, 9.17) is 0 Å². The van der Waals surface area contributed by atoms with E-state index in [0.29, 0.717) is 12.1 Å². The van der Waals surface area contributed by atoms with Gasteiger partial charge in [0.25, 0.3) is 0 Å². The van der Waals surface area contributed by atoms with Gasteiger partial charge in [0.2, 0.25) is 5.91 Å². The zero-order valence-electron chi connectivity index (χ0n) is 8.70. The minimum Gasteiger partial charge on any atom is -0.507 e. The number of Topliss-reactive ketones (excluding diaryl/α,β-unsaturated/α-hetero) is 1. The van der Waals surface area contributed by atoms with Gasteiger partial charge in [-0.1, -0.05) is 6.92 Å². The Bertz CT molecular complexity index is 399. The van der Waals surface area contributed by atoms with Gasteiger partial charge in [0.05, 0.1) is 5.56 Å². The molecule has 0 aliphatic rings. The maximum atomic E-state index is 11.4. The monoisotopic (exact) mass is 207 g/mol. The lowest BCUT2D eigenvalue weighted by molar-refractivity contribution is -0.114. The lowest BCUT2D eigenvalue weighted by Crippen LogP contribution is -2.07. The van der Waals surface area contributed by atoms with Crippen molar-refractivity contribution in [1.29, 1.82) is 0 Å². The quantitative estimate of drug-likeness (QED) is 0.588. The number of hydrogen-bond acceptors (Lipinski definition) is 3. The SMILES string of the molecule is CCC(=O)c1cc(NC(C)=O)ccc1O. The van der Waals surface area contributed by atoms with Gasteiger partial charge in [0.1, 0.15) is 5.75 Å². The number of aromatic hydroxyl groups is 1. The fourth-order valence-electron chi connectivity index (χ4n) is 1.23. The molecule has 2 N–H and O–H groups in total. The summed E-state index contributed by atoms with van der Waals surface area (Å²) in [5.41, 5.74) is 0.751. The fraction of sp³-hybridized carbons (Fsp3) is 0.273. The largest absolute Gasteiger partial charge is 0.507 e. The number of anilines is 1. The topological polar surface area (TPSA) is 66.4 Å². The first-order valence-corrected chi connectivity index (χ1v) is 4.68. The number of rotatable bonds is 3. The summed E-state index contributed by atoms with van der Waals surface area (Å²) >= 11 is 0. The van der Waals surface area contributed by atoms with Crippen LogP contribution in [-0.2, 0) is 4.79 Å². The van der Waals surface area contributed by atoms with Gasteiger partial charge < -0.3 is 10.4 Å². The van der Waals surface area contributed by atoms with Crippen LogP contribution in [-0.4, -0.2) is 16.8 Å². The van der Waals surface area contributed by atoms with E-state index in [9.17, 15) is 14.7 Å². The Kier molecular flexibility index (Phi) is 3.44. The van der Waals surface area contributed by atoms with Crippen molar-refractivity contribution in [3.8, 4) is 5.75 Å². The predicted molar refractivity (Wildman–Crippen MR) is 57.0 cm³/mol. The third-order valence-electron chi connectivity index (χ3n) is 1.94. The summed E-state index contributed by atoms with van der Waals surface area (Å²) < 4.78 is 0. The molecule has 0 radical (unpaired) electrons. The maximum Gasteiger partial charge on any atom is 0.221 e. The molecule has 0 aromatic heterocycles. The van der Waals surface area contributed by atoms with Crippen molar-refractivity contribution in [2.75, 3.05) is 5.32 Å². The van der Waals surface area contributed by atoms with Crippen LogP contribution in [0, 0.1) is 0 Å². The minimum atomic E-state index is -0.212. The molecule has 0 aliphatic carbocycles. The molecule has 80 valence electrons. The number of hydrogen-bond donors (Lipinski definition) is 2. The summed E-state index contributed by atoms with van der Waals surface area (Å²) in [6.45, 7) is 3.10. The van der Waals surface area contributed by atoms with E-state index >= 15 is 0 Å². The maximum absolute atomic E-state index is 11.4. The Balaban J connectivity index is 3.05. The standard InChI is InChI=1S/C11H13NO3/c1-3-10(14)9-6-8(12-7(2)13)4-5-11(9)15/h4-6,15H,3H2,1-2H3,(H,12,13). The fourth-order valence-corrected chi connectivity index (χ4v) is 1.23. The molecule has 0 atom stereocenters. The third-order valence-corrected chi connectivity index (χ3v) is 1.94. The number of benzene rings is 1. The van der Waals surface area contributed by atoms with Crippen LogP contribution in [0.1, 0.15) is 30.6 Å². The highest BCUT2D eigenvalue weighted by Gasteiger charge is 2.10. The Morgan fingerprint density at radius 2 is 2.07 bits per heavy atom. The van der Waals surface area contributed by atoms with Crippen LogP contribution in [0.4, 0.5) is 5.69 Å². The number of phenols is 1. The Labute approximate surface area is 87.9 Å². The van der Waals surface area contributed by atoms with Crippen molar-refractivity contribution in [3.05, 3.63) is 23.8 Å². The second-order valence-corrected chi connectivity index (χ2v) is 3.19. The molecule has 0 bridgehead atoms. The zero-order valence-corrected chi connectivity index (χ0v) is 8.70. The summed E-state index contributed by atoms with van der Waals surface area (Å²) in [5, 5.41) is 12.0. The number of nitrogens with one attached hydrogen (secondary N) is 1. The van der Waals surface area contributed by atoms with Gasteiger partial charge in [-0.15, -0.1) is 0 Å². The molecule has 0 aliphatic heterocycles. The number of amides is 1. The normalized spacial score (nSPS) is 9.73. The smallest absolute Gasteiger partial charge is 0.221 e. The molecule has 0 fully saturated rings. The lowest BCUT2D eigenvalue weighted by Gasteiger charge is -2.06. The van der Waals surface area contributed by atoms with Crippen molar-refractivity contribution in [1.82, 2.24) is 0 Å². The molecule has 1 aromatic rings. The molecule has 0 heterocycles. The Hall–Kier alpha value is -1.84. The van der Waals surface area contributed by atoms with Crippen LogP contribution in [0.25, 0.3) is 0 Å². The lowest BCUT2D eigenvalue weighted by atomic mass is 10.1. The average Bonchev–Trinajstić information content (AvgIpc) is 2.19. The molecule has 4 nitrogen and oxygen atoms in total. The van der Waals surface area contributed by atoms with Crippen LogP contribution in [0.2, 0.25) is 0 Å². The molecule has 1 rings (SSSR count). The number of carbonyl (C=O) groups excluding carboxylic acids is 2. The van der Waals surface area contributed by atoms with Crippen LogP contribution in [0.3, 0.4) is 0 Å². The number of carbonyl (C=O) groups is 2. The third kappa shape index (κ3) is 2.80. The molecule has 1 aromatic carbocycles. The van der Waals surface area contributed by atoms with Crippen molar-refractivity contribution in [2.45, 2.75) is 20.3 Å². The highest BCUT2D eigenvalue weighted by atomic mass is 16.3. The van der Waals surface area contributed by atoms with Crippen LogP contribution < -0.4 is 5.32 Å². The molecule has 15 heavy (non-hydrogen) atoms. The van der Waals surface area contributed by atoms with E-state index in [2.05, 4.69) is 5.32 Å². The van der Waals surface area contributed by atoms with Crippen molar-refractivity contribution in [2.24, 2.45) is 0 Å². The van der Waals surface area contributed by atoms with Crippen molar-refractivity contribution in [3.63, 3.8) is 0 Å². The average molecular weight is 207 g/mol.